The number of nitrogens with zero attached hydrogens (tertiary/aromatic N) is 2. The van der Waals surface area contributed by atoms with Crippen LogP contribution >= 0.6 is 11.6 Å². The molecule has 1 amide bonds. The van der Waals surface area contributed by atoms with Gasteiger partial charge in [-0.3, -0.25) is 9.10 Å². The minimum absolute atomic E-state index is 0.0458. The highest BCUT2D eigenvalue weighted by atomic mass is 35.5. The number of sulfonamides is 1. The predicted molar refractivity (Wildman–Crippen MR) is 120 cm³/mol. The van der Waals surface area contributed by atoms with Gasteiger partial charge >= 0.3 is 0 Å². The topological polar surface area (TPSA) is 57.7 Å². The first-order valence-electron chi connectivity index (χ1n) is 9.61. The Hall–Kier alpha value is -2.83. The molecular formula is C23H21ClN2O3S. The van der Waals surface area contributed by atoms with Crippen molar-refractivity contribution < 1.29 is 13.2 Å². The molecule has 0 saturated heterocycles. The van der Waals surface area contributed by atoms with E-state index in [0.29, 0.717) is 10.7 Å². The third-order valence-corrected chi connectivity index (χ3v) is 7.21. The van der Waals surface area contributed by atoms with Crippen LogP contribution in [0.2, 0.25) is 5.02 Å². The Labute approximate surface area is 181 Å². The van der Waals surface area contributed by atoms with E-state index in [1.807, 2.05) is 31.2 Å². The quantitative estimate of drug-likeness (QED) is 0.586. The van der Waals surface area contributed by atoms with Crippen molar-refractivity contribution in [1.82, 2.24) is 0 Å². The lowest BCUT2D eigenvalue weighted by Crippen LogP contribution is -2.45. The summed E-state index contributed by atoms with van der Waals surface area (Å²) in [6, 6.07) is 22.3. The van der Waals surface area contributed by atoms with Crippen LogP contribution in [0.5, 0.6) is 0 Å². The van der Waals surface area contributed by atoms with E-state index < -0.39 is 10.0 Å². The van der Waals surface area contributed by atoms with E-state index in [0.717, 1.165) is 22.0 Å². The van der Waals surface area contributed by atoms with Crippen LogP contribution in [0.15, 0.2) is 83.8 Å². The van der Waals surface area contributed by atoms with Crippen LogP contribution in [0.4, 0.5) is 11.4 Å². The van der Waals surface area contributed by atoms with Crippen LogP contribution in [0.25, 0.3) is 0 Å². The minimum atomic E-state index is -3.96. The second-order valence-corrected chi connectivity index (χ2v) is 9.55. The first-order chi connectivity index (χ1) is 14.4. The lowest BCUT2D eigenvalue weighted by molar-refractivity contribution is -0.117. The number of para-hydroxylation sites is 1. The van der Waals surface area contributed by atoms with Crippen LogP contribution in [-0.4, -0.2) is 26.9 Å². The van der Waals surface area contributed by atoms with Gasteiger partial charge in [-0.05, 0) is 55.3 Å². The number of hydrogen-bond donors (Lipinski definition) is 0. The van der Waals surface area contributed by atoms with Crippen molar-refractivity contribution >= 4 is 38.9 Å². The molecule has 0 aliphatic carbocycles. The standard InChI is InChI=1S/C23H21ClN2O3S/c1-17-14-18-8-5-6-13-22(18)26(17)23(27)16-25(20-10-7-9-19(24)15-20)30(28,29)21-11-3-2-4-12-21/h2-13,15,17H,14,16H2,1H3/t17-/m0/s1. The van der Waals surface area contributed by atoms with Crippen molar-refractivity contribution in [2.24, 2.45) is 0 Å². The zero-order valence-electron chi connectivity index (χ0n) is 16.4. The van der Waals surface area contributed by atoms with Crippen molar-refractivity contribution in [3.63, 3.8) is 0 Å². The summed E-state index contributed by atoms with van der Waals surface area (Å²) < 4.78 is 28.0. The van der Waals surface area contributed by atoms with E-state index in [1.54, 1.807) is 47.4 Å². The van der Waals surface area contributed by atoms with Crippen LogP contribution in [0.1, 0.15) is 12.5 Å². The molecule has 0 saturated carbocycles. The van der Waals surface area contributed by atoms with Gasteiger partial charge in [-0.15, -0.1) is 0 Å². The Morgan fingerprint density at radius 3 is 2.47 bits per heavy atom. The number of amides is 1. The number of carbonyl (C=O) groups is 1. The monoisotopic (exact) mass is 440 g/mol. The van der Waals surface area contributed by atoms with E-state index in [-0.39, 0.29) is 23.4 Å². The number of hydrogen-bond acceptors (Lipinski definition) is 3. The maximum absolute atomic E-state index is 13.4. The number of benzene rings is 3. The van der Waals surface area contributed by atoms with Gasteiger partial charge in [-0.25, -0.2) is 8.42 Å². The van der Waals surface area contributed by atoms with Gasteiger partial charge in [-0.2, -0.15) is 0 Å². The molecule has 0 spiro atoms. The third kappa shape index (κ3) is 3.80. The molecule has 3 aromatic rings. The van der Waals surface area contributed by atoms with Gasteiger partial charge in [0.1, 0.15) is 6.54 Å². The highest BCUT2D eigenvalue weighted by molar-refractivity contribution is 7.92. The average molecular weight is 441 g/mol. The normalized spacial score (nSPS) is 15.7. The predicted octanol–water partition coefficient (Wildman–Crippen LogP) is 4.51. The number of fused-ring (bicyclic) bond motifs is 1. The molecule has 7 heteroatoms. The van der Waals surface area contributed by atoms with Gasteiger partial charge in [0.15, 0.2) is 0 Å². The molecule has 1 aliphatic rings. The number of carbonyl (C=O) groups excluding carboxylic acids is 1. The lowest BCUT2D eigenvalue weighted by atomic mass is 10.1. The fourth-order valence-electron chi connectivity index (χ4n) is 3.81. The summed E-state index contributed by atoms with van der Waals surface area (Å²) in [5.74, 6) is -0.285. The Morgan fingerprint density at radius 2 is 1.73 bits per heavy atom. The van der Waals surface area contributed by atoms with Gasteiger partial charge in [0.25, 0.3) is 10.0 Å². The second-order valence-electron chi connectivity index (χ2n) is 7.25. The summed E-state index contributed by atoms with van der Waals surface area (Å²) in [7, 11) is -3.96. The van der Waals surface area contributed by atoms with E-state index in [4.69, 9.17) is 11.6 Å². The van der Waals surface area contributed by atoms with Crippen molar-refractivity contribution in [2.45, 2.75) is 24.3 Å². The van der Waals surface area contributed by atoms with Gasteiger partial charge in [0, 0.05) is 16.8 Å². The maximum Gasteiger partial charge on any atom is 0.264 e. The first-order valence-corrected chi connectivity index (χ1v) is 11.4. The van der Waals surface area contributed by atoms with Crippen molar-refractivity contribution in [1.29, 1.82) is 0 Å². The molecular weight excluding hydrogens is 420 g/mol. The van der Waals surface area contributed by atoms with E-state index in [2.05, 4.69) is 0 Å². The molecule has 0 radical (unpaired) electrons. The van der Waals surface area contributed by atoms with Crippen LogP contribution in [-0.2, 0) is 21.2 Å². The fraction of sp³-hybridized carbons (Fsp3) is 0.174. The highest BCUT2D eigenvalue weighted by Gasteiger charge is 2.34. The van der Waals surface area contributed by atoms with Gasteiger partial charge in [0.2, 0.25) is 5.91 Å². The Bertz CT molecular complexity index is 1180. The Morgan fingerprint density at radius 1 is 1.03 bits per heavy atom. The Kier molecular flexibility index (Phi) is 5.54. The number of anilines is 2. The molecule has 1 heterocycles. The zero-order chi connectivity index (χ0) is 21.3. The summed E-state index contributed by atoms with van der Waals surface area (Å²) in [4.78, 5) is 15.2. The molecule has 0 bridgehead atoms. The molecule has 0 aromatic heterocycles. The third-order valence-electron chi connectivity index (χ3n) is 5.18. The summed E-state index contributed by atoms with van der Waals surface area (Å²) in [6.45, 7) is 1.64. The van der Waals surface area contributed by atoms with Crippen LogP contribution in [0.3, 0.4) is 0 Å². The SMILES string of the molecule is C[C@H]1Cc2ccccc2N1C(=O)CN(c1cccc(Cl)c1)S(=O)(=O)c1ccccc1. The molecule has 0 fully saturated rings. The van der Waals surface area contributed by atoms with Crippen molar-refractivity contribution in [3.05, 3.63) is 89.4 Å². The van der Waals surface area contributed by atoms with Crippen molar-refractivity contribution in [3.8, 4) is 0 Å². The molecule has 5 nitrogen and oxygen atoms in total. The number of halogens is 1. The summed E-state index contributed by atoms with van der Waals surface area (Å²) in [6.07, 6.45) is 0.741. The fourth-order valence-corrected chi connectivity index (χ4v) is 5.42. The molecule has 0 N–H and O–H groups in total. The van der Waals surface area contributed by atoms with Crippen molar-refractivity contribution in [2.75, 3.05) is 15.7 Å². The van der Waals surface area contributed by atoms with Gasteiger partial charge < -0.3 is 4.90 Å². The lowest BCUT2D eigenvalue weighted by Gasteiger charge is -2.29. The molecule has 3 aromatic carbocycles. The Balaban J connectivity index is 1.73. The molecule has 0 unspecified atom stereocenters. The largest absolute Gasteiger partial charge is 0.307 e. The van der Waals surface area contributed by atoms with Crippen LogP contribution in [0, 0.1) is 0 Å². The second kappa shape index (κ2) is 8.13. The molecule has 30 heavy (non-hydrogen) atoms. The van der Waals surface area contributed by atoms with Gasteiger partial charge in [-0.1, -0.05) is 54.1 Å². The molecule has 154 valence electrons. The van der Waals surface area contributed by atoms with E-state index >= 15 is 0 Å². The van der Waals surface area contributed by atoms with Gasteiger partial charge in [0.05, 0.1) is 10.6 Å². The minimum Gasteiger partial charge on any atom is -0.307 e. The van der Waals surface area contributed by atoms with E-state index in [9.17, 15) is 13.2 Å². The maximum atomic E-state index is 13.4. The smallest absolute Gasteiger partial charge is 0.264 e. The van der Waals surface area contributed by atoms with Crippen LogP contribution < -0.4 is 9.21 Å². The van der Waals surface area contributed by atoms with E-state index in [1.165, 1.54) is 12.1 Å². The molecule has 1 aliphatic heterocycles. The summed E-state index contributed by atoms with van der Waals surface area (Å²) in [5, 5.41) is 0.396. The first kappa shape index (κ1) is 20.4. The summed E-state index contributed by atoms with van der Waals surface area (Å²) >= 11 is 6.12. The highest BCUT2D eigenvalue weighted by Crippen LogP contribution is 2.33. The molecule has 4 rings (SSSR count). The average Bonchev–Trinajstić information content (AvgIpc) is 3.08. The molecule has 1 atom stereocenters. The number of rotatable bonds is 5. The summed E-state index contributed by atoms with van der Waals surface area (Å²) in [5.41, 5.74) is 2.26. The zero-order valence-corrected chi connectivity index (χ0v) is 18.0.